The second-order valence-electron chi connectivity index (χ2n) is 3.10. The van der Waals surface area contributed by atoms with Crippen molar-refractivity contribution in [2.45, 2.75) is 19.4 Å². The molecule has 2 nitrogen and oxygen atoms in total. The van der Waals surface area contributed by atoms with Crippen molar-refractivity contribution in [3.63, 3.8) is 0 Å². The third-order valence-electron chi connectivity index (χ3n) is 1.87. The van der Waals surface area contributed by atoms with Crippen molar-refractivity contribution in [2.24, 2.45) is 4.99 Å². The lowest BCUT2D eigenvalue weighted by Crippen LogP contribution is -2.08. The van der Waals surface area contributed by atoms with Crippen molar-refractivity contribution < 1.29 is 18.0 Å². The van der Waals surface area contributed by atoms with E-state index in [1.807, 2.05) is 0 Å². The predicted molar refractivity (Wildman–Crippen MR) is 47.8 cm³/mol. The molecule has 0 bridgehead atoms. The Kier molecular flexibility index (Phi) is 3.27. The van der Waals surface area contributed by atoms with E-state index in [9.17, 15) is 18.0 Å². The number of carbonyl (C=O) groups excluding carboxylic acids is 1. The summed E-state index contributed by atoms with van der Waals surface area (Å²) in [6.07, 6.45) is 1.22. The molecule has 0 fully saturated rings. The summed E-state index contributed by atoms with van der Waals surface area (Å²) in [5, 5.41) is 0. The average Bonchev–Trinajstić information content (AvgIpc) is 2.15. The van der Waals surface area contributed by atoms with E-state index in [1.165, 1.54) is 6.08 Å². The highest BCUT2D eigenvalue weighted by Gasteiger charge is 2.24. The van der Waals surface area contributed by atoms with E-state index in [-0.39, 0.29) is 17.7 Å². The molecule has 1 aromatic carbocycles. The number of benzene rings is 1. The molecule has 5 heteroatoms. The summed E-state index contributed by atoms with van der Waals surface area (Å²) in [5.41, 5.74) is -0.350. The van der Waals surface area contributed by atoms with Crippen molar-refractivity contribution in [3.8, 4) is 0 Å². The van der Waals surface area contributed by atoms with E-state index >= 15 is 0 Å². The maximum absolute atomic E-state index is 13.0. The molecule has 0 radical (unpaired) electrons. The highest BCUT2D eigenvalue weighted by molar-refractivity contribution is 5.35. The summed E-state index contributed by atoms with van der Waals surface area (Å²) in [6, 6.07) is 2.93. The SMILES string of the molecule is CC(F)(F)c1ccc(F)c(CN=C=O)c1. The Labute approximate surface area is 84.4 Å². The van der Waals surface area contributed by atoms with Crippen molar-refractivity contribution in [2.75, 3.05) is 0 Å². The lowest BCUT2D eigenvalue weighted by Gasteiger charge is -2.11. The van der Waals surface area contributed by atoms with Crippen LogP contribution in [0.5, 0.6) is 0 Å². The molecular formula is C10H8F3NO. The van der Waals surface area contributed by atoms with Gasteiger partial charge in [-0.25, -0.2) is 23.0 Å². The topological polar surface area (TPSA) is 29.4 Å². The molecule has 0 amide bonds. The first-order valence-corrected chi connectivity index (χ1v) is 4.15. The minimum Gasteiger partial charge on any atom is -0.211 e. The van der Waals surface area contributed by atoms with Gasteiger partial charge in [0.15, 0.2) is 0 Å². The smallest absolute Gasteiger partial charge is 0.211 e. The third-order valence-corrected chi connectivity index (χ3v) is 1.87. The zero-order chi connectivity index (χ0) is 11.5. The Bertz CT molecular complexity index is 406. The van der Waals surface area contributed by atoms with E-state index in [0.717, 1.165) is 18.2 Å². The van der Waals surface area contributed by atoms with E-state index in [2.05, 4.69) is 4.99 Å². The normalized spacial score (nSPS) is 10.9. The van der Waals surface area contributed by atoms with Gasteiger partial charge in [-0.15, -0.1) is 0 Å². The Morgan fingerprint density at radius 1 is 1.47 bits per heavy atom. The minimum absolute atomic E-state index is 0.0441. The molecule has 0 N–H and O–H groups in total. The van der Waals surface area contributed by atoms with Crippen LogP contribution in [-0.2, 0) is 17.3 Å². The van der Waals surface area contributed by atoms with Crippen LogP contribution in [0.4, 0.5) is 13.2 Å². The number of rotatable bonds is 3. The monoisotopic (exact) mass is 215 g/mol. The van der Waals surface area contributed by atoms with E-state index in [0.29, 0.717) is 6.92 Å². The van der Waals surface area contributed by atoms with Gasteiger partial charge < -0.3 is 0 Å². The molecule has 1 rings (SSSR count). The highest BCUT2D eigenvalue weighted by atomic mass is 19.3. The first kappa shape index (κ1) is 11.5. The number of nitrogens with zero attached hydrogens (tertiary/aromatic N) is 1. The van der Waals surface area contributed by atoms with Crippen molar-refractivity contribution in [3.05, 3.63) is 35.1 Å². The largest absolute Gasteiger partial charge is 0.270 e. The Morgan fingerprint density at radius 2 is 2.13 bits per heavy atom. The fraction of sp³-hybridized carbons (Fsp3) is 0.300. The number of hydrogen-bond donors (Lipinski definition) is 0. The summed E-state index contributed by atoms with van der Waals surface area (Å²) in [5.74, 6) is -3.70. The van der Waals surface area contributed by atoms with Crippen LogP contribution >= 0.6 is 0 Å². The predicted octanol–water partition coefficient (Wildman–Crippen LogP) is 2.77. The molecule has 0 atom stereocenters. The number of alkyl halides is 2. The molecule has 1 aromatic rings. The first-order valence-electron chi connectivity index (χ1n) is 4.15. The van der Waals surface area contributed by atoms with Gasteiger partial charge in [0.25, 0.3) is 5.92 Å². The Morgan fingerprint density at radius 3 is 2.67 bits per heavy atom. The maximum atomic E-state index is 13.0. The van der Waals surface area contributed by atoms with Crippen LogP contribution in [0.2, 0.25) is 0 Å². The van der Waals surface area contributed by atoms with Crippen LogP contribution in [0.15, 0.2) is 23.2 Å². The second kappa shape index (κ2) is 4.28. The van der Waals surface area contributed by atoms with Gasteiger partial charge in [0, 0.05) is 18.1 Å². The van der Waals surface area contributed by atoms with E-state index < -0.39 is 11.7 Å². The lowest BCUT2D eigenvalue weighted by atomic mass is 10.1. The van der Waals surface area contributed by atoms with Crippen LogP contribution in [0.25, 0.3) is 0 Å². The molecule has 0 spiro atoms. The van der Waals surface area contributed by atoms with Gasteiger partial charge in [0.1, 0.15) is 5.82 Å². The summed E-state index contributed by atoms with van der Waals surface area (Å²) in [6.45, 7) is 0.437. The standard InChI is InChI=1S/C10H8F3NO/c1-10(12,13)8-2-3-9(11)7(4-8)5-14-6-15/h2-4H,5H2,1H3. The zero-order valence-corrected chi connectivity index (χ0v) is 7.93. The molecule has 80 valence electrons. The molecule has 0 aliphatic carbocycles. The summed E-state index contributed by atoms with van der Waals surface area (Å²) in [4.78, 5) is 12.9. The Balaban J connectivity index is 3.10. The number of aliphatic imine (C=N–C) groups is 1. The van der Waals surface area contributed by atoms with Gasteiger partial charge >= 0.3 is 0 Å². The zero-order valence-electron chi connectivity index (χ0n) is 7.93. The molecular weight excluding hydrogens is 207 g/mol. The molecule has 0 heterocycles. The summed E-state index contributed by atoms with van der Waals surface area (Å²) in [7, 11) is 0. The fourth-order valence-electron chi connectivity index (χ4n) is 1.09. The van der Waals surface area contributed by atoms with Crippen molar-refractivity contribution in [1.82, 2.24) is 0 Å². The summed E-state index contributed by atoms with van der Waals surface area (Å²) >= 11 is 0. The van der Waals surface area contributed by atoms with Gasteiger partial charge in [0.2, 0.25) is 6.08 Å². The molecule has 0 unspecified atom stereocenters. The second-order valence-corrected chi connectivity index (χ2v) is 3.10. The van der Waals surface area contributed by atoms with Crippen LogP contribution in [-0.4, -0.2) is 6.08 Å². The van der Waals surface area contributed by atoms with E-state index in [1.54, 1.807) is 0 Å². The number of isocyanates is 1. The fourth-order valence-corrected chi connectivity index (χ4v) is 1.09. The first-order chi connectivity index (χ1) is 6.95. The van der Waals surface area contributed by atoms with Crippen LogP contribution < -0.4 is 0 Å². The quantitative estimate of drug-likeness (QED) is 0.563. The van der Waals surface area contributed by atoms with Gasteiger partial charge in [-0.2, -0.15) is 0 Å². The highest BCUT2D eigenvalue weighted by Crippen LogP contribution is 2.28. The Hall–Kier alpha value is -1.61. The summed E-state index contributed by atoms with van der Waals surface area (Å²) < 4.78 is 38.8. The van der Waals surface area contributed by atoms with Crippen molar-refractivity contribution >= 4 is 6.08 Å². The van der Waals surface area contributed by atoms with Gasteiger partial charge in [-0.1, -0.05) is 6.07 Å². The molecule has 0 aromatic heterocycles. The van der Waals surface area contributed by atoms with Crippen LogP contribution in [0.3, 0.4) is 0 Å². The van der Waals surface area contributed by atoms with Gasteiger partial charge in [-0.3, -0.25) is 0 Å². The van der Waals surface area contributed by atoms with E-state index in [4.69, 9.17) is 0 Å². The maximum Gasteiger partial charge on any atom is 0.270 e. The molecule has 0 saturated carbocycles. The molecule has 0 aliphatic rings. The van der Waals surface area contributed by atoms with Crippen molar-refractivity contribution in [1.29, 1.82) is 0 Å². The number of hydrogen-bond acceptors (Lipinski definition) is 2. The minimum atomic E-state index is -3.03. The number of halogens is 3. The molecule has 0 saturated heterocycles. The van der Waals surface area contributed by atoms with Gasteiger partial charge in [-0.05, 0) is 12.1 Å². The molecule has 15 heavy (non-hydrogen) atoms. The average molecular weight is 215 g/mol. The van der Waals surface area contributed by atoms with Gasteiger partial charge in [0.05, 0.1) is 6.54 Å². The third kappa shape index (κ3) is 2.92. The van der Waals surface area contributed by atoms with Crippen LogP contribution in [0, 0.1) is 5.82 Å². The van der Waals surface area contributed by atoms with Crippen LogP contribution in [0.1, 0.15) is 18.1 Å². The molecule has 0 aliphatic heterocycles. The lowest BCUT2D eigenvalue weighted by molar-refractivity contribution is 0.0173.